The molecule has 3 heteroatoms. The fourth-order valence-corrected chi connectivity index (χ4v) is 13.3. The summed E-state index contributed by atoms with van der Waals surface area (Å²) in [4.78, 5) is 10.2. The fraction of sp³-hybridized carbons (Fsp3) is 0.907. The number of hydrogen-bond donors (Lipinski definition) is 0. The van der Waals surface area contributed by atoms with Crippen molar-refractivity contribution in [2.45, 2.75) is 396 Å². The lowest BCUT2D eigenvalue weighted by molar-refractivity contribution is -0.252. The molecule has 0 aliphatic heterocycles. The molecule has 3 nitrogen and oxygen atoms in total. The molecule has 0 aromatic rings. The van der Waals surface area contributed by atoms with E-state index in [-0.39, 0.29) is 16.2 Å². The Morgan fingerprint density at radius 3 is 0.820 bits per heavy atom. The fourth-order valence-electron chi connectivity index (χ4n) is 13.3. The van der Waals surface area contributed by atoms with Crippen molar-refractivity contribution in [3.8, 4) is 11.8 Å². The van der Waals surface area contributed by atoms with E-state index in [0.717, 1.165) is 61.5 Å². The number of allylic oxidation sites excluding steroid dienone is 3. The molecule has 0 amide bonds. The molecule has 89 heavy (non-hydrogen) atoms. The molecule has 0 saturated heterocycles. The van der Waals surface area contributed by atoms with Gasteiger partial charge in [-0.15, -0.1) is 0 Å². The van der Waals surface area contributed by atoms with Gasteiger partial charge in [0, 0.05) is 60.6 Å². The molecule has 0 spiro atoms. The van der Waals surface area contributed by atoms with Gasteiger partial charge >= 0.3 is 0 Å². The predicted octanol–water partition coefficient (Wildman–Crippen LogP) is 29.4. The Bertz CT molecular complexity index is 1910. The van der Waals surface area contributed by atoms with Crippen LogP contribution in [0, 0.1) is 100.0 Å². The third-order valence-corrected chi connectivity index (χ3v) is 24.5. The normalized spacial score (nSPS) is 17.1. The van der Waals surface area contributed by atoms with Crippen LogP contribution in [0.3, 0.4) is 0 Å². The Kier molecular flexibility index (Phi) is 48.2. The zero-order valence-corrected chi connectivity index (χ0v) is 71.7. The summed E-state index contributed by atoms with van der Waals surface area (Å²) < 4.78 is 0. The number of nitrogens with zero attached hydrogens (tertiary/aromatic N) is 3. The molecule has 1 rings (SSSR count). The Labute approximate surface area is 569 Å². The van der Waals surface area contributed by atoms with Crippen LogP contribution in [0.5, 0.6) is 0 Å². The molecular formula is C86H177N3. The molecule has 2 unspecified atom stereocenters. The van der Waals surface area contributed by atoms with E-state index in [1.807, 2.05) is 55.6 Å². The third-order valence-electron chi connectivity index (χ3n) is 24.5. The van der Waals surface area contributed by atoms with Crippen LogP contribution in [-0.2, 0) is 0 Å². The van der Waals surface area contributed by atoms with Crippen LogP contribution in [0.1, 0.15) is 396 Å². The van der Waals surface area contributed by atoms with Crippen molar-refractivity contribution in [2.75, 3.05) is 27.2 Å². The molecule has 0 heterocycles. The van der Waals surface area contributed by atoms with E-state index in [1.54, 1.807) is 11.1 Å². The molecule has 0 aromatic heterocycles. The molecule has 536 valence electrons. The highest BCUT2D eigenvalue weighted by Gasteiger charge is 2.68. The summed E-state index contributed by atoms with van der Waals surface area (Å²) >= 11 is 0. The molecule has 0 N–H and O–H groups in total. The monoisotopic (exact) mass is 1250 g/mol. The van der Waals surface area contributed by atoms with Crippen LogP contribution < -0.4 is 0 Å². The highest BCUT2D eigenvalue weighted by Crippen LogP contribution is 2.74. The van der Waals surface area contributed by atoms with Gasteiger partial charge in [-0.1, -0.05) is 303 Å². The van der Waals surface area contributed by atoms with Gasteiger partial charge < -0.3 is 4.90 Å². The van der Waals surface area contributed by atoms with E-state index in [0.29, 0.717) is 54.1 Å². The quantitative estimate of drug-likeness (QED) is 0.0569. The van der Waals surface area contributed by atoms with Crippen molar-refractivity contribution >= 4 is 11.4 Å². The van der Waals surface area contributed by atoms with Crippen LogP contribution in [-0.4, -0.2) is 43.5 Å². The standard InChI is InChI=1S/C18H36.C16H34.C14H28.C12H22.C9H19N.C7H16.2C5H11N/c1-11-15(3,4)13-17(7,8)14(18(13,9)10)16(5,6)12-2;1-10-14(5,6)13(4)16(9,12-3)15(7,8)11-2;1-9-13(5,6)11(3)12(4)14(7,8)10-2;1-7-11(3,4)9-10-12(5,6)8-2;1-7-9(3,4)8(2)10(5)6;1-5-7(3,4)6-2;2*1-4-6-5(2)3/h13-14H,11-12H2,1-10H3;13H,10-12H2,1-9H3;9-10H2,1-8H3;7-8H2,1-6H3;2,7H2,1,3-6H3;5-6H2,1-4H3;2*4H2,1-3H3/b;;12-11-;;;;;. The van der Waals surface area contributed by atoms with Crippen LogP contribution in [0.25, 0.3) is 0 Å². The van der Waals surface area contributed by atoms with Crippen LogP contribution >= 0.6 is 0 Å². The van der Waals surface area contributed by atoms with Gasteiger partial charge in [-0.3, -0.25) is 9.98 Å². The Morgan fingerprint density at radius 1 is 0.404 bits per heavy atom. The van der Waals surface area contributed by atoms with E-state index in [1.165, 1.54) is 63.5 Å². The van der Waals surface area contributed by atoms with E-state index < -0.39 is 0 Å². The zero-order valence-electron chi connectivity index (χ0n) is 71.7. The predicted molar refractivity (Wildman–Crippen MR) is 421 cm³/mol. The Morgan fingerprint density at radius 2 is 0.685 bits per heavy atom. The summed E-state index contributed by atoms with van der Waals surface area (Å²) in [5.74, 6) is 9.09. The zero-order chi connectivity index (χ0) is 73.4. The first-order valence-corrected chi connectivity index (χ1v) is 37.1. The summed E-state index contributed by atoms with van der Waals surface area (Å²) in [6.45, 7) is 112. The second kappa shape index (κ2) is 42.6. The average molecular weight is 1250 g/mol. The van der Waals surface area contributed by atoms with E-state index in [9.17, 15) is 0 Å². The molecule has 1 aliphatic carbocycles. The maximum atomic E-state index is 4.04. The van der Waals surface area contributed by atoms with Gasteiger partial charge in [-0.2, -0.15) is 0 Å². The number of aliphatic imine (C=N–C) groups is 2. The Balaban J connectivity index is -0.000000178. The van der Waals surface area contributed by atoms with Crippen LogP contribution in [0.4, 0.5) is 0 Å². The highest BCUT2D eigenvalue weighted by atomic mass is 15.1. The van der Waals surface area contributed by atoms with Gasteiger partial charge in [0.15, 0.2) is 0 Å². The minimum absolute atomic E-state index is 0.187. The maximum absolute atomic E-state index is 4.04. The van der Waals surface area contributed by atoms with Gasteiger partial charge in [-0.05, 0) is 194 Å². The van der Waals surface area contributed by atoms with E-state index >= 15 is 0 Å². The second-order valence-electron chi connectivity index (χ2n) is 36.0. The lowest BCUT2D eigenvalue weighted by atomic mass is 9.31. The summed E-state index contributed by atoms with van der Waals surface area (Å²) in [5.41, 5.74) is 11.7. The molecule has 1 aliphatic rings. The van der Waals surface area contributed by atoms with Gasteiger partial charge in [0.2, 0.25) is 0 Å². The first-order chi connectivity index (χ1) is 39.5. The summed E-state index contributed by atoms with van der Waals surface area (Å²) in [6, 6.07) is 0. The molecule has 2 atom stereocenters. The Hall–Kier alpha value is -1.82. The van der Waals surface area contributed by atoms with E-state index in [2.05, 4.69) is 310 Å². The third kappa shape index (κ3) is 36.0. The summed E-state index contributed by atoms with van der Waals surface area (Å²) in [7, 11) is 4.08. The maximum Gasteiger partial charge on any atom is 0.0360 e. The minimum atomic E-state index is 0.187. The molecule has 1 fully saturated rings. The molecule has 0 radical (unpaired) electrons. The van der Waals surface area contributed by atoms with Crippen molar-refractivity contribution < 1.29 is 0 Å². The largest absolute Gasteiger partial charge is 0.381 e. The van der Waals surface area contributed by atoms with Gasteiger partial charge in [0.25, 0.3) is 0 Å². The molecule has 0 aromatic carbocycles. The second-order valence-corrected chi connectivity index (χ2v) is 36.0. The van der Waals surface area contributed by atoms with Crippen molar-refractivity contribution in [3.05, 3.63) is 23.4 Å². The smallest absolute Gasteiger partial charge is 0.0360 e. The minimum Gasteiger partial charge on any atom is -0.381 e. The van der Waals surface area contributed by atoms with Crippen molar-refractivity contribution in [1.29, 1.82) is 0 Å². The lowest BCUT2D eigenvalue weighted by Gasteiger charge is -2.73. The van der Waals surface area contributed by atoms with E-state index in [4.69, 9.17) is 0 Å². The van der Waals surface area contributed by atoms with Crippen LogP contribution in [0.15, 0.2) is 33.4 Å². The molecule has 1 saturated carbocycles. The van der Waals surface area contributed by atoms with Gasteiger partial charge in [0.1, 0.15) is 0 Å². The van der Waals surface area contributed by atoms with Crippen molar-refractivity contribution in [3.63, 3.8) is 0 Å². The van der Waals surface area contributed by atoms with Gasteiger partial charge in [-0.25, -0.2) is 0 Å². The number of hydrogen-bond acceptors (Lipinski definition) is 3. The summed E-state index contributed by atoms with van der Waals surface area (Å²) in [5, 5.41) is 0. The lowest BCUT2D eigenvalue weighted by Crippen LogP contribution is -2.67. The average Bonchev–Trinajstić information content (AvgIpc) is 2.83. The van der Waals surface area contributed by atoms with Crippen molar-refractivity contribution in [2.24, 2.45) is 98.1 Å². The van der Waals surface area contributed by atoms with Crippen LogP contribution in [0.2, 0.25) is 0 Å². The SMILES string of the molecule is C=C(N(C)C)C(C)(C)CC.CCC(C)(C)/C(C)=C(/C)C(C)(C)CC.CCC(C)(C)C#CC(C)(C)CC.CCC(C)(C)C(C)C(C)(CC)C(C)(C)CC.CCC(C)(C)C1C(C)(C)C(C(C)(C)CC)C1(C)C.CCC(C)(C)CC.CCN=C(C)C.CCN=C(C)C. The van der Waals surface area contributed by atoms with Gasteiger partial charge in [0.05, 0.1) is 0 Å². The number of rotatable bonds is 23. The molecular weight excluding hydrogens is 1070 g/mol. The summed E-state index contributed by atoms with van der Waals surface area (Å²) in [6.07, 6.45) is 14.8. The van der Waals surface area contributed by atoms with Crippen molar-refractivity contribution in [1.82, 2.24) is 4.90 Å². The molecule has 0 bridgehead atoms. The topological polar surface area (TPSA) is 28.0 Å². The first-order valence-electron chi connectivity index (χ1n) is 37.1. The highest BCUT2D eigenvalue weighted by molar-refractivity contribution is 5.79. The first kappa shape index (κ1) is 101.